The van der Waals surface area contributed by atoms with Crippen molar-refractivity contribution in [3.63, 3.8) is 0 Å². The smallest absolute Gasteiger partial charge is 0.119 e. The van der Waals surface area contributed by atoms with Gasteiger partial charge in [-0.15, -0.1) is 0 Å². The van der Waals surface area contributed by atoms with Gasteiger partial charge in [0.2, 0.25) is 0 Å². The molecule has 18 heavy (non-hydrogen) atoms. The molecule has 1 aromatic carbocycles. The first kappa shape index (κ1) is 11.7. The second-order valence-corrected chi connectivity index (χ2v) is 5.47. The number of hydrogen-bond acceptors (Lipinski definition) is 4. The molecule has 1 aliphatic rings. The van der Waals surface area contributed by atoms with E-state index < -0.39 is 0 Å². The Morgan fingerprint density at radius 3 is 2.89 bits per heavy atom. The van der Waals surface area contributed by atoms with Crippen LogP contribution in [0.5, 0.6) is 0 Å². The molecule has 0 spiro atoms. The average Bonchev–Trinajstić information content (AvgIpc) is 3.23. The standard InChI is InChI=1S/C14H15N3S/c1-2-4-13(18-14-10-15-7-8-16-14)11(3-1)9-17-12-5-6-12/h1-4,7-8,10,12,17H,5-6,9H2. The maximum Gasteiger partial charge on any atom is 0.119 e. The van der Waals surface area contributed by atoms with Crippen molar-refractivity contribution in [3.05, 3.63) is 48.4 Å². The fourth-order valence-corrected chi connectivity index (χ4v) is 2.61. The van der Waals surface area contributed by atoms with Crippen LogP contribution in [0.2, 0.25) is 0 Å². The molecule has 1 aromatic heterocycles. The monoisotopic (exact) mass is 257 g/mol. The second kappa shape index (κ2) is 5.50. The van der Waals surface area contributed by atoms with E-state index in [1.165, 1.54) is 23.3 Å². The molecule has 0 aliphatic heterocycles. The van der Waals surface area contributed by atoms with Crippen molar-refractivity contribution in [1.82, 2.24) is 15.3 Å². The summed E-state index contributed by atoms with van der Waals surface area (Å²) < 4.78 is 0. The molecule has 0 atom stereocenters. The van der Waals surface area contributed by atoms with Gasteiger partial charge in [0, 0.05) is 29.9 Å². The van der Waals surface area contributed by atoms with Crippen LogP contribution in [-0.4, -0.2) is 16.0 Å². The minimum absolute atomic E-state index is 0.736. The number of nitrogens with one attached hydrogen (secondary N) is 1. The molecule has 1 N–H and O–H groups in total. The Kier molecular flexibility index (Phi) is 3.57. The molecule has 1 heterocycles. The maximum atomic E-state index is 4.30. The molecule has 2 aromatic rings. The first-order valence-electron chi connectivity index (χ1n) is 6.17. The van der Waals surface area contributed by atoms with E-state index in [4.69, 9.17) is 0 Å². The average molecular weight is 257 g/mol. The van der Waals surface area contributed by atoms with Gasteiger partial charge in [-0.1, -0.05) is 30.0 Å². The Balaban J connectivity index is 1.73. The molecule has 1 saturated carbocycles. The molecule has 0 saturated heterocycles. The van der Waals surface area contributed by atoms with E-state index in [0.29, 0.717) is 0 Å². The van der Waals surface area contributed by atoms with Crippen LogP contribution in [0.4, 0.5) is 0 Å². The van der Waals surface area contributed by atoms with Crippen LogP contribution in [0.1, 0.15) is 18.4 Å². The Labute approximate surface area is 111 Å². The van der Waals surface area contributed by atoms with Crippen LogP contribution in [-0.2, 0) is 6.54 Å². The lowest BCUT2D eigenvalue weighted by Crippen LogP contribution is -2.15. The third-order valence-electron chi connectivity index (χ3n) is 2.89. The topological polar surface area (TPSA) is 37.8 Å². The van der Waals surface area contributed by atoms with E-state index in [2.05, 4.69) is 39.6 Å². The van der Waals surface area contributed by atoms with Crippen LogP contribution in [0.3, 0.4) is 0 Å². The fraction of sp³-hybridized carbons (Fsp3) is 0.286. The quantitative estimate of drug-likeness (QED) is 0.893. The van der Waals surface area contributed by atoms with E-state index in [0.717, 1.165) is 17.6 Å². The predicted molar refractivity (Wildman–Crippen MR) is 72.5 cm³/mol. The van der Waals surface area contributed by atoms with E-state index in [1.54, 1.807) is 30.4 Å². The van der Waals surface area contributed by atoms with E-state index in [-0.39, 0.29) is 0 Å². The molecular formula is C14H15N3S. The summed E-state index contributed by atoms with van der Waals surface area (Å²) in [5, 5.41) is 4.49. The molecule has 3 nitrogen and oxygen atoms in total. The molecule has 0 radical (unpaired) electrons. The van der Waals surface area contributed by atoms with E-state index in [1.807, 2.05) is 0 Å². The Morgan fingerprint density at radius 1 is 1.22 bits per heavy atom. The third-order valence-corrected chi connectivity index (χ3v) is 3.92. The van der Waals surface area contributed by atoms with Gasteiger partial charge >= 0.3 is 0 Å². The second-order valence-electron chi connectivity index (χ2n) is 4.41. The molecule has 1 aliphatic carbocycles. The highest BCUT2D eigenvalue weighted by atomic mass is 32.2. The van der Waals surface area contributed by atoms with Crippen LogP contribution in [0.15, 0.2) is 52.8 Å². The lowest BCUT2D eigenvalue weighted by atomic mass is 10.2. The molecule has 3 rings (SSSR count). The molecule has 1 fully saturated rings. The van der Waals surface area contributed by atoms with Crippen molar-refractivity contribution in [1.29, 1.82) is 0 Å². The fourth-order valence-electron chi connectivity index (χ4n) is 1.74. The number of nitrogens with zero attached hydrogens (tertiary/aromatic N) is 2. The minimum Gasteiger partial charge on any atom is -0.310 e. The normalized spacial score (nSPS) is 14.7. The zero-order valence-corrected chi connectivity index (χ0v) is 10.9. The molecule has 92 valence electrons. The first-order chi connectivity index (χ1) is 8.92. The Hall–Kier alpha value is -1.39. The summed E-state index contributed by atoms with van der Waals surface area (Å²) in [5.41, 5.74) is 1.33. The van der Waals surface area contributed by atoms with Crippen molar-refractivity contribution < 1.29 is 0 Å². The highest BCUT2D eigenvalue weighted by Crippen LogP contribution is 2.29. The van der Waals surface area contributed by atoms with Gasteiger partial charge in [0.1, 0.15) is 5.03 Å². The van der Waals surface area contributed by atoms with Gasteiger partial charge in [0.15, 0.2) is 0 Å². The molecule has 0 bridgehead atoms. The third kappa shape index (κ3) is 3.09. The van der Waals surface area contributed by atoms with Crippen molar-refractivity contribution >= 4 is 11.8 Å². The minimum atomic E-state index is 0.736. The summed E-state index contributed by atoms with van der Waals surface area (Å²) in [6.07, 6.45) is 7.87. The van der Waals surface area contributed by atoms with Crippen LogP contribution >= 0.6 is 11.8 Å². The maximum absolute atomic E-state index is 4.30. The predicted octanol–water partition coefficient (Wildman–Crippen LogP) is 2.88. The Bertz CT molecular complexity index is 511. The zero-order valence-electron chi connectivity index (χ0n) is 10.0. The zero-order chi connectivity index (χ0) is 12.2. The lowest BCUT2D eigenvalue weighted by Gasteiger charge is -2.09. The van der Waals surface area contributed by atoms with Crippen molar-refractivity contribution in [3.8, 4) is 0 Å². The van der Waals surface area contributed by atoms with E-state index >= 15 is 0 Å². The number of aromatic nitrogens is 2. The lowest BCUT2D eigenvalue weighted by molar-refractivity contribution is 0.680. The van der Waals surface area contributed by atoms with Gasteiger partial charge in [0.05, 0.1) is 6.20 Å². The summed E-state index contributed by atoms with van der Waals surface area (Å²) in [6, 6.07) is 9.21. The molecule has 0 unspecified atom stereocenters. The van der Waals surface area contributed by atoms with Crippen LogP contribution < -0.4 is 5.32 Å². The summed E-state index contributed by atoms with van der Waals surface area (Å²) in [5.74, 6) is 0. The first-order valence-corrected chi connectivity index (χ1v) is 6.98. The largest absolute Gasteiger partial charge is 0.310 e. The van der Waals surface area contributed by atoms with Gasteiger partial charge in [-0.2, -0.15) is 0 Å². The molecular weight excluding hydrogens is 242 g/mol. The van der Waals surface area contributed by atoms with Gasteiger partial charge in [0.25, 0.3) is 0 Å². The SMILES string of the molecule is c1ccc(Sc2cnccn2)c(CNC2CC2)c1. The van der Waals surface area contributed by atoms with Crippen LogP contribution in [0.25, 0.3) is 0 Å². The van der Waals surface area contributed by atoms with Crippen LogP contribution in [0, 0.1) is 0 Å². The highest BCUT2D eigenvalue weighted by Gasteiger charge is 2.20. The van der Waals surface area contributed by atoms with Crippen molar-refractivity contribution in [2.24, 2.45) is 0 Å². The molecule has 0 amide bonds. The van der Waals surface area contributed by atoms with Gasteiger partial charge in [-0.3, -0.25) is 4.98 Å². The van der Waals surface area contributed by atoms with Gasteiger partial charge < -0.3 is 5.32 Å². The number of rotatable bonds is 5. The highest BCUT2D eigenvalue weighted by molar-refractivity contribution is 7.99. The summed E-state index contributed by atoms with van der Waals surface area (Å²) >= 11 is 1.67. The van der Waals surface area contributed by atoms with Gasteiger partial charge in [-0.25, -0.2) is 4.98 Å². The number of hydrogen-bond donors (Lipinski definition) is 1. The van der Waals surface area contributed by atoms with E-state index in [9.17, 15) is 0 Å². The summed E-state index contributed by atoms with van der Waals surface area (Å²) in [7, 11) is 0. The van der Waals surface area contributed by atoms with Gasteiger partial charge in [-0.05, 0) is 24.5 Å². The summed E-state index contributed by atoms with van der Waals surface area (Å²) in [6.45, 7) is 0.939. The Morgan fingerprint density at radius 2 is 2.11 bits per heavy atom. The number of benzene rings is 1. The molecule has 4 heteroatoms. The van der Waals surface area contributed by atoms with Crippen molar-refractivity contribution in [2.75, 3.05) is 0 Å². The van der Waals surface area contributed by atoms with Crippen molar-refractivity contribution in [2.45, 2.75) is 35.3 Å². The summed E-state index contributed by atoms with van der Waals surface area (Å²) in [4.78, 5) is 9.65.